The molecule has 0 bridgehead atoms. The third kappa shape index (κ3) is 5.43. The molecule has 3 N–H and O–H groups in total. The van der Waals surface area contributed by atoms with Crippen LogP contribution in [0.3, 0.4) is 0 Å². The Morgan fingerprint density at radius 2 is 1.76 bits per heavy atom. The average molecular weight is 472 g/mol. The zero-order valence-electron chi connectivity index (χ0n) is 20.3. The SMILES string of the molecule is CC[C@@H]1C=C[C@H]2[C@H](C(=O)N(CCCCCCO)[C@@H]2C(=O)Nc2ccc(OC)cc2)[C@@H]1C(=O)NC. The molecule has 5 atom stereocenters. The van der Waals surface area contributed by atoms with Gasteiger partial charge in [0.25, 0.3) is 0 Å². The summed E-state index contributed by atoms with van der Waals surface area (Å²) in [6.45, 7) is 2.61. The lowest BCUT2D eigenvalue weighted by Crippen LogP contribution is -2.45. The maximum Gasteiger partial charge on any atom is 0.247 e. The second kappa shape index (κ2) is 12.0. The fourth-order valence-electron chi connectivity index (χ4n) is 5.29. The first-order valence-corrected chi connectivity index (χ1v) is 12.2. The van der Waals surface area contributed by atoms with Gasteiger partial charge in [0.1, 0.15) is 11.8 Å². The van der Waals surface area contributed by atoms with Crippen molar-refractivity contribution in [2.45, 2.75) is 45.1 Å². The molecular formula is C26H37N3O5. The van der Waals surface area contributed by atoms with Gasteiger partial charge in [0.05, 0.1) is 18.9 Å². The molecule has 1 aliphatic carbocycles. The molecule has 1 aliphatic heterocycles. The molecule has 0 aromatic heterocycles. The van der Waals surface area contributed by atoms with Gasteiger partial charge >= 0.3 is 0 Å². The third-order valence-corrected chi connectivity index (χ3v) is 7.07. The van der Waals surface area contributed by atoms with E-state index in [4.69, 9.17) is 9.84 Å². The van der Waals surface area contributed by atoms with Crippen molar-refractivity contribution >= 4 is 23.4 Å². The summed E-state index contributed by atoms with van der Waals surface area (Å²) in [4.78, 5) is 41.7. The van der Waals surface area contributed by atoms with Crippen LogP contribution in [0.15, 0.2) is 36.4 Å². The maximum atomic E-state index is 13.7. The fraction of sp³-hybridized carbons (Fsp3) is 0.577. The largest absolute Gasteiger partial charge is 0.497 e. The number of benzene rings is 1. The lowest BCUT2D eigenvalue weighted by Gasteiger charge is -2.33. The lowest BCUT2D eigenvalue weighted by atomic mass is 9.69. The van der Waals surface area contributed by atoms with E-state index in [1.54, 1.807) is 43.3 Å². The van der Waals surface area contributed by atoms with Crippen LogP contribution in [0, 0.1) is 23.7 Å². The number of fused-ring (bicyclic) bond motifs is 1. The van der Waals surface area contributed by atoms with Gasteiger partial charge in [0.2, 0.25) is 17.7 Å². The average Bonchev–Trinajstić information content (AvgIpc) is 3.14. The number of hydrogen-bond donors (Lipinski definition) is 3. The quantitative estimate of drug-likeness (QED) is 0.340. The number of allylic oxidation sites excluding steroid dienone is 1. The van der Waals surface area contributed by atoms with Crippen LogP contribution in [-0.2, 0) is 14.4 Å². The zero-order valence-corrected chi connectivity index (χ0v) is 20.3. The summed E-state index contributed by atoms with van der Waals surface area (Å²) < 4.78 is 5.19. The van der Waals surface area contributed by atoms with Gasteiger partial charge in [-0.3, -0.25) is 14.4 Å². The highest BCUT2D eigenvalue weighted by atomic mass is 16.5. The van der Waals surface area contributed by atoms with E-state index in [1.807, 2.05) is 19.1 Å². The number of aliphatic hydroxyl groups is 1. The van der Waals surface area contributed by atoms with Gasteiger partial charge in [-0.2, -0.15) is 0 Å². The lowest BCUT2D eigenvalue weighted by molar-refractivity contribution is -0.140. The number of carbonyl (C=O) groups excluding carboxylic acids is 3. The van der Waals surface area contributed by atoms with Crippen molar-refractivity contribution in [3.8, 4) is 5.75 Å². The first kappa shape index (κ1) is 25.7. The van der Waals surface area contributed by atoms with Crippen LogP contribution < -0.4 is 15.4 Å². The van der Waals surface area contributed by atoms with Crippen molar-refractivity contribution in [3.05, 3.63) is 36.4 Å². The second-order valence-corrected chi connectivity index (χ2v) is 9.03. The van der Waals surface area contributed by atoms with Crippen molar-refractivity contribution < 1.29 is 24.2 Å². The minimum atomic E-state index is -0.682. The minimum Gasteiger partial charge on any atom is -0.497 e. The number of ether oxygens (including phenoxy) is 1. The smallest absolute Gasteiger partial charge is 0.247 e. The van der Waals surface area contributed by atoms with Crippen LogP contribution in [0.1, 0.15) is 39.0 Å². The molecule has 2 aliphatic rings. The Morgan fingerprint density at radius 1 is 1.06 bits per heavy atom. The molecule has 1 aromatic rings. The van der Waals surface area contributed by atoms with Crippen LogP contribution in [0.5, 0.6) is 5.75 Å². The molecule has 186 valence electrons. The molecule has 1 aromatic carbocycles. The summed E-state index contributed by atoms with van der Waals surface area (Å²) in [6, 6.07) is 6.39. The molecule has 1 saturated heterocycles. The van der Waals surface area contributed by atoms with E-state index in [2.05, 4.69) is 10.6 Å². The van der Waals surface area contributed by atoms with Crippen LogP contribution in [-0.4, -0.2) is 61.1 Å². The Morgan fingerprint density at radius 3 is 2.38 bits per heavy atom. The number of aliphatic hydroxyl groups excluding tert-OH is 1. The maximum absolute atomic E-state index is 13.7. The van der Waals surface area contributed by atoms with Crippen LogP contribution in [0.2, 0.25) is 0 Å². The Hall–Kier alpha value is -2.87. The summed E-state index contributed by atoms with van der Waals surface area (Å²) in [5, 5.41) is 14.7. The zero-order chi connectivity index (χ0) is 24.7. The van der Waals surface area contributed by atoms with Gasteiger partial charge in [0, 0.05) is 31.8 Å². The standard InChI is InChI=1S/C26H37N3O5/c1-4-17-9-14-20-22(21(17)24(31)27-2)26(33)29(15-7-5-6-8-16-30)23(20)25(32)28-18-10-12-19(34-3)13-11-18/h9-14,17,20-23,30H,4-8,15-16H2,1-3H3,(H,27,31)(H,28,32)/t17-,20+,21-,22+,23+/m1/s1. The molecule has 0 radical (unpaired) electrons. The van der Waals surface area contributed by atoms with Gasteiger partial charge in [0.15, 0.2) is 0 Å². The highest BCUT2D eigenvalue weighted by Crippen LogP contribution is 2.45. The molecule has 8 heteroatoms. The van der Waals surface area contributed by atoms with Gasteiger partial charge in [-0.15, -0.1) is 0 Å². The normalized spacial score (nSPS) is 25.7. The fourth-order valence-corrected chi connectivity index (χ4v) is 5.29. The summed E-state index contributed by atoms with van der Waals surface area (Å²) in [6.07, 6.45) is 7.91. The molecule has 0 saturated carbocycles. The molecule has 34 heavy (non-hydrogen) atoms. The van der Waals surface area contributed by atoms with Gasteiger partial charge in [-0.05, 0) is 49.4 Å². The molecule has 0 unspecified atom stereocenters. The monoisotopic (exact) mass is 471 g/mol. The topological polar surface area (TPSA) is 108 Å². The molecule has 1 heterocycles. The minimum absolute atomic E-state index is 0.0417. The first-order valence-electron chi connectivity index (χ1n) is 12.2. The first-order chi connectivity index (χ1) is 16.5. The van der Waals surface area contributed by atoms with Crippen molar-refractivity contribution in [3.63, 3.8) is 0 Å². The van der Waals surface area contributed by atoms with Crippen molar-refractivity contribution in [1.82, 2.24) is 10.2 Å². The number of likely N-dealkylation sites (tertiary alicyclic amines) is 1. The highest BCUT2D eigenvalue weighted by molar-refractivity contribution is 6.01. The Labute approximate surface area is 201 Å². The van der Waals surface area contributed by atoms with Crippen LogP contribution >= 0.6 is 0 Å². The number of unbranched alkanes of at least 4 members (excludes halogenated alkanes) is 3. The van der Waals surface area contributed by atoms with Crippen molar-refractivity contribution in [2.24, 2.45) is 23.7 Å². The van der Waals surface area contributed by atoms with Gasteiger partial charge < -0.3 is 25.4 Å². The summed E-state index contributed by atoms with van der Waals surface area (Å²) >= 11 is 0. The van der Waals surface area contributed by atoms with E-state index >= 15 is 0 Å². The molecule has 1 fully saturated rings. The summed E-state index contributed by atoms with van der Waals surface area (Å²) in [7, 11) is 3.17. The number of anilines is 1. The molecule has 0 spiro atoms. The van der Waals surface area contributed by atoms with Gasteiger partial charge in [-0.25, -0.2) is 0 Å². The Bertz CT molecular complexity index is 885. The van der Waals surface area contributed by atoms with E-state index in [0.717, 1.165) is 32.1 Å². The highest BCUT2D eigenvalue weighted by Gasteiger charge is 2.56. The number of amides is 3. The van der Waals surface area contributed by atoms with Gasteiger partial charge in [-0.1, -0.05) is 31.9 Å². The van der Waals surface area contributed by atoms with Crippen LogP contribution in [0.4, 0.5) is 5.69 Å². The van der Waals surface area contributed by atoms with E-state index in [1.165, 1.54) is 0 Å². The Balaban J connectivity index is 1.87. The Kier molecular flexibility index (Phi) is 9.10. The number of nitrogens with one attached hydrogen (secondary N) is 2. The summed E-state index contributed by atoms with van der Waals surface area (Å²) in [5.74, 6) is -1.30. The molecular weight excluding hydrogens is 434 g/mol. The van der Waals surface area contributed by atoms with E-state index < -0.39 is 17.9 Å². The second-order valence-electron chi connectivity index (χ2n) is 9.03. The number of rotatable bonds is 11. The van der Waals surface area contributed by atoms with Crippen LogP contribution in [0.25, 0.3) is 0 Å². The van der Waals surface area contributed by atoms with E-state index in [9.17, 15) is 14.4 Å². The molecule has 3 rings (SSSR count). The van der Waals surface area contributed by atoms with Crippen molar-refractivity contribution in [2.75, 3.05) is 32.6 Å². The molecule has 8 nitrogen and oxygen atoms in total. The number of hydrogen-bond acceptors (Lipinski definition) is 5. The van der Waals surface area contributed by atoms with E-state index in [0.29, 0.717) is 18.0 Å². The number of carbonyl (C=O) groups is 3. The molecule has 3 amide bonds. The van der Waals surface area contributed by atoms with Crippen molar-refractivity contribution in [1.29, 1.82) is 0 Å². The predicted octanol–water partition coefficient (Wildman–Crippen LogP) is 2.59. The third-order valence-electron chi connectivity index (χ3n) is 7.07. The number of methoxy groups -OCH3 is 1. The number of nitrogens with zero attached hydrogens (tertiary/aromatic N) is 1. The summed E-state index contributed by atoms with van der Waals surface area (Å²) in [5.41, 5.74) is 0.624. The van der Waals surface area contributed by atoms with E-state index in [-0.39, 0.29) is 36.2 Å². The predicted molar refractivity (Wildman–Crippen MR) is 130 cm³/mol.